The van der Waals surface area contributed by atoms with E-state index in [1.165, 1.54) is 4.90 Å². The Kier molecular flexibility index (Phi) is 6.15. The van der Waals surface area contributed by atoms with Crippen LogP contribution < -0.4 is 4.74 Å². The molecular weight excluding hydrogens is 364 g/mol. The van der Waals surface area contributed by atoms with Crippen LogP contribution in [0.1, 0.15) is 18.9 Å². The Labute approximate surface area is 152 Å². The van der Waals surface area contributed by atoms with E-state index >= 15 is 0 Å². The standard InChI is InChI=1S/C16H20N2O5S2/c1-3-18-14(15(19)17(2)16(18)24)11-12-5-7-13(8-6-12)23-9-4-10-25(20,21)22/h5-8,11H,3-4,9-10H2,1-2H3,(H,20,21,22)/b14-11-. The predicted octanol–water partition coefficient (Wildman–Crippen LogP) is 1.76. The number of likely N-dealkylation sites (N-methyl/N-ethyl adjacent to an activating group) is 2. The summed E-state index contributed by atoms with van der Waals surface area (Å²) in [4.78, 5) is 15.5. The molecule has 0 unspecified atom stereocenters. The predicted molar refractivity (Wildman–Crippen MR) is 98.7 cm³/mol. The third-order valence-electron chi connectivity index (χ3n) is 3.65. The molecule has 1 aliphatic heterocycles. The first kappa shape index (κ1) is 19.4. The Bertz CT molecular complexity index is 787. The summed E-state index contributed by atoms with van der Waals surface area (Å²) in [5.41, 5.74) is 1.35. The molecule has 136 valence electrons. The number of nitrogens with zero attached hydrogens (tertiary/aromatic N) is 2. The molecule has 1 aromatic rings. The zero-order valence-electron chi connectivity index (χ0n) is 14.0. The lowest BCUT2D eigenvalue weighted by molar-refractivity contribution is -0.121. The van der Waals surface area contributed by atoms with Crippen molar-refractivity contribution in [1.29, 1.82) is 0 Å². The van der Waals surface area contributed by atoms with Crippen LogP contribution in [0.25, 0.3) is 6.08 Å². The van der Waals surface area contributed by atoms with Crippen LogP contribution in [0.2, 0.25) is 0 Å². The van der Waals surface area contributed by atoms with Crippen LogP contribution in [0.3, 0.4) is 0 Å². The van der Waals surface area contributed by atoms with Gasteiger partial charge in [-0.3, -0.25) is 14.2 Å². The molecule has 25 heavy (non-hydrogen) atoms. The molecule has 2 rings (SSSR count). The minimum atomic E-state index is -3.96. The molecule has 0 bridgehead atoms. The van der Waals surface area contributed by atoms with Gasteiger partial charge in [-0.2, -0.15) is 8.42 Å². The van der Waals surface area contributed by atoms with Crippen molar-refractivity contribution in [2.45, 2.75) is 13.3 Å². The zero-order valence-corrected chi connectivity index (χ0v) is 15.6. The molecule has 9 heteroatoms. The number of amides is 1. The highest BCUT2D eigenvalue weighted by Crippen LogP contribution is 2.23. The summed E-state index contributed by atoms with van der Waals surface area (Å²) in [5.74, 6) is 0.104. The molecule has 0 aliphatic carbocycles. The van der Waals surface area contributed by atoms with Crippen LogP contribution in [0, 0.1) is 0 Å². The van der Waals surface area contributed by atoms with E-state index in [1.807, 2.05) is 6.92 Å². The highest BCUT2D eigenvalue weighted by Gasteiger charge is 2.34. The van der Waals surface area contributed by atoms with E-state index in [0.717, 1.165) is 5.56 Å². The van der Waals surface area contributed by atoms with Crippen molar-refractivity contribution in [1.82, 2.24) is 9.80 Å². The number of hydrogen-bond donors (Lipinski definition) is 1. The van der Waals surface area contributed by atoms with Gasteiger partial charge in [-0.1, -0.05) is 12.1 Å². The highest BCUT2D eigenvalue weighted by molar-refractivity contribution is 7.85. The molecule has 1 fully saturated rings. The Hall–Kier alpha value is -1.97. The maximum Gasteiger partial charge on any atom is 0.276 e. The molecule has 0 saturated carbocycles. The smallest absolute Gasteiger partial charge is 0.276 e. The van der Waals surface area contributed by atoms with Gasteiger partial charge in [-0.15, -0.1) is 0 Å². The summed E-state index contributed by atoms with van der Waals surface area (Å²) >= 11 is 5.25. The maximum absolute atomic E-state index is 12.2. The van der Waals surface area contributed by atoms with Crippen LogP contribution in [0.4, 0.5) is 0 Å². The molecule has 1 aromatic carbocycles. The fourth-order valence-electron chi connectivity index (χ4n) is 2.35. The minimum absolute atomic E-state index is 0.141. The fourth-order valence-corrected chi connectivity index (χ4v) is 3.15. The van der Waals surface area contributed by atoms with Gasteiger partial charge in [0.2, 0.25) is 0 Å². The van der Waals surface area contributed by atoms with E-state index in [4.69, 9.17) is 21.5 Å². The molecule has 1 aliphatic rings. The summed E-state index contributed by atoms with van der Waals surface area (Å²) in [6.45, 7) is 2.72. The van der Waals surface area contributed by atoms with E-state index in [0.29, 0.717) is 23.1 Å². The molecular formula is C16H20N2O5S2. The largest absolute Gasteiger partial charge is 0.494 e. The Balaban J connectivity index is 2.02. The first-order chi connectivity index (χ1) is 11.7. The summed E-state index contributed by atoms with van der Waals surface area (Å²) in [5, 5.41) is 0.484. The van der Waals surface area contributed by atoms with Crippen LogP contribution in [0.15, 0.2) is 30.0 Å². The van der Waals surface area contributed by atoms with E-state index in [-0.39, 0.29) is 24.7 Å². The minimum Gasteiger partial charge on any atom is -0.494 e. The van der Waals surface area contributed by atoms with Crippen LogP contribution in [-0.4, -0.2) is 59.7 Å². The number of benzene rings is 1. The highest BCUT2D eigenvalue weighted by atomic mass is 32.2. The molecule has 1 saturated heterocycles. The van der Waals surface area contributed by atoms with Crippen molar-refractivity contribution in [3.05, 3.63) is 35.5 Å². The number of ether oxygens (including phenoxy) is 1. The number of hydrogen-bond acceptors (Lipinski definition) is 5. The van der Waals surface area contributed by atoms with Gasteiger partial charge >= 0.3 is 0 Å². The molecule has 1 N–H and O–H groups in total. The van der Waals surface area contributed by atoms with Gasteiger partial charge in [0.05, 0.1) is 12.4 Å². The number of carbonyl (C=O) groups is 1. The second-order valence-electron chi connectivity index (χ2n) is 5.48. The van der Waals surface area contributed by atoms with Gasteiger partial charge in [-0.25, -0.2) is 0 Å². The van der Waals surface area contributed by atoms with Crippen LogP contribution in [-0.2, 0) is 14.9 Å². The SMILES string of the molecule is CCN1C(=S)N(C)C(=O)/C1=C/c1ccc(OCCCS(=O)(=O)O)cc1. The lowest BCUT2D eigenvalue weighted by Crippen LogP contribution is -2.29. The van der Waals surface area contributed by atoms with E-state index < -0.39 is 10.1 Å². The van der Waals surface area contributed by atoms with Gasteiger partial charge in [-0.05, 0) is 49.3 Å². The first-order valence-electron chi connectivity index (χ1n) is 7.72. The summed E-state index contributed by atoms with van der Waals surface area (Å²) < 4.78 is 35.3. The van der Waals surface area contributed by atoms with Crippen molar-refractivity contribution < 1.29 is 22.5 Å². The Morgan fingerprint density at radius 1 is 1.28 bits per heavy atom. The average molecular weight is 384 g/mol. The monoisotopic (exact) mass is 384 g/mol. The first-order valence-corrected chi connectivity index (χ1v) is 9.74. The van der Waals surface area contributed by atoms with Crippen molar-refractivity contribution in [2.75, 3.05) is 26.0 Å². The molecule has 1 amide bonds. The Morgan fingerprint density at radius 2 is 1.92 bits per heavy atom. The third kappa shape index (κ3) is 5.00. The third-order valence-corrected chi connectivity index (χ3v) is 4.95. The second kappa shape index (κ2) is 7.94. The summed E-state index contributed by atoms with van der Waals surface area (Å²) in [7, 11) is -2.31. The molecule has 0 aromatic heterocycles. The maximum atomic E-state index is 12.2. The fraction of sp³-hybridized carbons (Fsp3) is 0.375. The Morgan fingerprint density at radius 3 is 2.48 bits per heavy atom. The van der Waals surface area contributed by atoms with Gasteiger partial charge in [0.25, 0.3) is 16.0 Å². The quantitative estimate of drug-likeness (QED) is 0.332. The molecule has 0 atom stereocenters. The molecule has 0 spiro atoms. The zero-order chi connectivity index (χ0) is 18.6. The lowest BCUT2D eigenvalue weighted by Gasteiger charge is -2.15. The van der Waals surface area contributed by atoms with Crippen molar-refractivity contribution in [2.24, 2.45) is 0 Å². The van der Waals surface area contributed by atoms with Gasteiger partial charge in [0, 0.05) is 13.6 Å². The van der Waals surface area contributed by atoms with E-state index in [1.54, 1.807) is 42.3 Å². The summed E-state index contributed by atoms with van der Waals surface area (Å²) in [6.07, 6.45) is 1.97. The molecule has 0 radical (unpaired) electrons. The topological polar surface area (TPSA) is 87.2 Å². The number of rotatable bonds is 7. The second-order valence-corrected chi connectivity index (χ2v) is 7.41. The van der Waals surface area contributed by atoms with Crippen LogP contribution >= 0.6 is 12.2 Å². The summed E-state index contributed by atoms with van der Waals surface area (Å²) in [6, 6.07) is 7.07. The normalized spacial score (nSPS) is 16.8. The number of carbonyl (C=O) groups excluding carboxylic acids is 1. The molecule has 7 nitrogen and oxygen atoms in total. The lowest BCUT2D eigenvalue weighted by atomic mass is 10.1. The van der Waals surface area contributed by atoms with Crippen LogP contribution in [0.5, 0.6) is 5.75 Å². The van der Waals surface area contributed by atoms with Crippen molar-refractivity contribution >= 4 is 39.4 Å². The van der Waals surface area contributed by atoms with Gasteiger partial charge in [0.15, 0.2) is 5.11 Å². The number of thiocarbonyl (C=S) groups is 1. The molecule has 1 heterocycles. The van der Waals surface area contributed by atoms with Gasteiger partial charge in [0.1, 0.15) is 11.4 Å². The van der Waals surface area contributed by atoms with Crippen molar-refractivity contribution in [3.8, 4) is 5.75 Å². The van der Waals surface area contributed by atoms with E-state index in [2.05, 4.69) is 0 Å². The van der Waals surface area contributed by atoms with Crippen molar-refractivity contribution in [3.63, 3.8) is 0 Å². The average Bonchev–Trinajstić information content (AvgIpc) is 2.76. The van der Waals surface area contributed by atoms with E-state index in [9.17, 15) is 13.2 Å². The van der Waals surface area contributed by atoms with Gasteiger partial charge < -0.3 is 9.64 Å².